The maximum Gasteiger partial charge on any atom is 0.0763 e. The fraction of sp³-hybridized carbons (Fsp3) is 0.926. The summed E-state index contributed by atoms with van der Waals surface area (Å²) in [6.45, 7) is 10.6. The predicted molar refractivity (Wildman–Crippen MR) is 125 cm³/mol. The van der Waals surface area contributed by atoms with Crippen LogP contribution in [0.15, 0.2) is 12.2 Å². The summed E-state index contributed by atoms with van der Waals surface area (Å²) >= 11 is 0. The average Bonchev–Trinajstić information content (AvgIpc) is 2.98. The van der Waals surface area contributed by atoms with Crippen LogP contribution in [-0.4, -0.2) is 55.5 Å². The molecule has 0 bridgehead atoms. The van der Waals surface area contributed by atoms with E-state index < -0.39 is 23.9 Å². The topological polar surface area (TPSA) is 101 Å². The molecule has 0 spiro atoms. The molecular formula is C27H46O5. The van der Waals surface area contributed by atoms with Crippen LogP contribution in [0.2, 0.25) is 0 Å². The molecule has 12 atom stereocenters. The molecule has 5 heteroatoms. The third kappa shape index (κ3) is 3.62. The van der Waals surface area contributed by atoms with Crippen LogP contribution in [0.25, 0.3) is 0 Å². The Bertz CT molecular complexity index is 723. The molecule has 5 nitrogen and oxygen atoms in total. The van der Waals surface area contributed by atoms with Gasteiger partial charge in [-0.25, -0.2) is 0 Å². The SMILES string of the molecule is CC(C)[C@@H](O)/C=C/[C@@H](C)[C@H]1C[C@H](O)C2[C@]3(O)C[C@@H](O)C4C[C@@H](O)CC[C@]4(C)C3CC[C@@]21C. The van der Waals surface area contributed by atoms with Gasteiger partial charge in [-0.15, -0.1) is 0 Å². The molecule has 0 amide bonds. The van der Waals surface area contributed by atoms with Crippen molar-refractivity contribution in [2.45, 2.75) is 110 Å². The van der Waals surface area contributed by atoms with Gasteiger partial charge < -0.3 is 25.5 Å². The Morgan fingerprint density at radius 2 is 1.53 bits per heavy atom. The van der Waals surface area contributed by atoms with E-state index in [0.717, 1.165) is 25.7 Å². The highest BCUT2D eigenvalue weighted by Crippen LogP contribution is 2.69. The first kappa shape index (κ1) is 24.7. The summed E-state index contributed by atoms with van der Waals surface area (Å²) in [5, 5.41) is 55.3. The first-order chi connectivity index (χ1) is 14.8. The smallest absolute Gasteiger partial charge is 0.0763 e. The Labute approximate surface area is 193 Å². The second-order valence-corrected chi connectivity index (χ2v) is 12.8. The third-order valence-electron chi connectivity index (χ3n) is 10.7. The minimum Gasteiger partial charge on any atom is -0.393 e. The van der Waals surface area contributed by atoms with Crippen LogP contribution in [0, 0.1) is 46.3 Å². The van der Waals surface area contributed by atoms with Gasteiger partial charge in [-0.1, -0.05) is 46.8 Å². The van der Waals surface area contributed by atoms with Gasteiger partial charge in [0.15, 0.2) is 0 Å². The van der Waals surface area contributed by atoms with E-state index in [1.165, 1.54) is 0 Å². The number of allylic oxidation sites excluding steroid dienone is 1. The molecule has 0 radical (unpaired) electrons. The zero-order valence-electron chi connectivity index (χ0n) is 20.6. The second kappa shape index (κ2) is 8.34. The summed E-state index contributed by atoms with van der Waals surface area (Å²) in [5.74, 6) is 0.363. The van der Waals surface area contributed by atoms with Gasteiger partial charge in [-0.3, -0.25) is 0 Å². The molecule has 4 aliphatic rings. The molecule has 4 fully saturated rings. The van der Waals surface area contributed by atoms with Gasteiger partial charge in [0.1, 0.15) is 0 Å². The van der Waals surface area contributed by atoms with E-state index in [1.54, 1.807) is 0 Å². The molecule has 0 heterocycles. The highest BCUT2D eigenvalue weighted by atomic mass is 16.3. The van der Waals surface area contributed by atoms with Crippen molar-refractivity contribution in [1.82, 2.24) is 0 Å². The van der Waals surface area contributed by atoms with Crippen molar-refractivity contribution in [1.29, 1.82) is 0 Å². The Morgan fingerprint density at radius 1 is 0.875 bits per heavy atom. The molecule has 0 aromatic rings. The second-order valence-electron chi connectivity index (χ2n) is 12.8. The van der Waals surface area contributed by atoms with E-state index in [4.69, 9.17) is 0 Å². The summed E-state index contributed by atoms with van der Waals surface area (Å²) in [6, 6.07) is 0. The Hall–Kier alpha value is -0.460. The Balaban J connectivity index is 1.64. The standard InChI is InChI=1S/C27H46O5/c1-15(2)20(29)7-6-16(3)18-13-21(30)24-26(18,5)11-9-23-25(4)10-8-17(28)12-19(25)22(31)14-27(23,24)32/h6-7,15-24,28-32H,8-14H2,1-5H3/b7-6+/t16-,17+,18-,19?,20+,21+,22-,23?,24?,25+,26-,27+/m1/s1. The molecule has 3 unspecified atom stereocenters. The predicted octanol–water partition coefficient (Wildman–Crippen LogP) is 3.27. The van der Waals surface area contributed by atoms with Crippen LogP contribution in [0.1, 0.15) is 79.6 Å². The molecule has 0 aromatic carbocycles. The number of aliphatic hydroxyl groups is 5. The number of aliphatic hydroxyl groups excluding tert-OH is 4. The lowest BCUT2D eigenvalue weighted by Gasteiger charge is -2.66. The van der Waals surface area contributed by atoms with Gasteiger partial charge in [0.2, 0.25) is 0 Å². The van der Waals surface area contributed by atoms with E-state index in [9.17, 15) is 25.5 Å². The van der Waals surface area contributed by atoms with Crippen molar-refractivity contribution >= 4 is 0 Å². The lowest BCUT2D eigenvalue weighted by Crippen LogP contribution is -2.68. The van der Waals surface area contributed by atoms with E-state index in [0.29, 0.717) is 19.3 Å². The molecule has 4 rings (SSSR count). The number of hydrogen-bond donors (Lipinski definition) is 5. The van der Waals surface area contributed by atoms with Crippen molar-refractivity contribution in [2.75, 3.05) is 0 Å². The average molecular weight is 451 g/mol. The fourth-order valence-corrected chi connectivity index (χ4v) is 8.98. The van der Waals surface area contributed by atoms with E-state index in [1.807, 2.05) is 19.9 Å². The first-order valence-corrected chi connectivity index (χ1v) is 13.0. The lowest BCUT2D eigenvalue weighted by atomic mass is 9.42. The van der Waals surface area contributed by atoms with Crippen molar-refractivity contribution in [3.8, 4) is 0 Å². The molecule has 5 N–H and O–H groups in total. The Kier molecular flexibility index (Phi) is 6.42. The van der Waals surface area contributed by atoms with Crippen molar-refractivity contribution < 1.29 is 25.5 Å². The largest absolute Gasteiger partial charge is 0.393 e. The zero-order chi connectivity index (χ0) is 23.6. The summed E-state index contributed by atoms with van der Waals surface area (Å²) in [4.78, 5) is 0. The van der Waals surface area contributed by atoms with Gasteiger partial charge in [0, 0.05) is 12.3 Å². The van der Waals surface area contributed by atoms with Crippen LogP contribution < -0.4 is 0 Å². The van der Waals surface area contributed by atoms with E-state index in [2.05, 4.69) is 26.8 Å². The van der Waals surface area contributed by atoms with Gasteiger partial charge in [-0.05, 0) is 78.9 Å². The quantitative estimate of drug-likeness (QED) is 0.423. The van der Waals surface area contributed by atoms with Crippen molar-refractivity contribution in [3.05, 3.63) is 12.2 Å². The van der Waals surface area contributed by atoms with Crippen LogP contribution in [0.5, 0.6) is 0 Å². The van der Waals surface area contributed by atoms with Gasteiger partial charge >= 0.3 is 0 Å². The normalized spacial score (nSPS) is 53.0. The highest BCUT2D eigenvalue weighted by molar-refractivity contribution is 5.20. The number of hydrogen-bond acceptors (Lipinski definition) is 5. The maximum absolute atomic E-state index is 12.3. The summed E-state index contributed by atoms with van der Waals surface area (Å²) in [7, 11) is 0. The van der Waals surface area contributed by atoms with E-state index in [-0.39, 0.29) is 52.4 Å². The molecule has 32 heavy (non-hydrogen) atoms. The molecular weight excluding hydrogens is 404 g/mol. The molecule has 4 saturated carbocycles. The highest BCUT2D eigenvalue weighted by Gasteiger charge is 2.70. The fourth-order valence-electron chi connectivity index (χ4n) is 8.98. The van der Waals surface area contributed by atoms with Crippen LogP contribution in [0.4, 0.5) is 0 Å². The summed E-state index contributed by atoms with van der Waals surface area (Å²) in [6.07, 6.45) is 6.86. The minimum absolute atomic E-state index is 0.00889. The first-order valence-electron chi connectivity index (χ1n) is 13.0. The van der Waals surface area contributed by atoms with Crippen molar-refractivity contribution in [2.24, 2.45) is 46.3 Å². The van der Waals surface area contributed by atoms with Gasteiger partial charge in [-0.2, -0.15) is 0 Å². The Morgan fingerprint density at radius 3 is 2.19 bits per heavy atom. The lowest BCUT2D eigenvalue weighted by molar-refractivity contribution is -0.263. The zero-order valence-corrected chi connectivity index (χ0v) is 20.6. The molecule has 0 aliphatic heterocycles. The van der Waals surface area contributed by atoms with Gasteiger partial charge in [0.25, 0.3) is 0 Å². The third-order valence-corrected chi connectivity index (χ3v) is 10.7. The van der Waals surface area contributed by atoms with Crippen molar-refractivity contribution in [3.63, 3.8) is 0 Å². The van der Waals surface area contributed by atoms with Crippen LogP contribution in [0.3, 0.4) is 0 Å². The van der Waals surface area contributed by atoms with Crippen LogP contribution in [-0.2, 0) is 0 Å². The molecule has 184 valence electrons. The summed E-state index contributed by atoms with van der Waals surface area (Å²) in [5.41, 5.74) is -1.51. The molecule has 4 aliphatic carbocycles. The summed E-state index contributed by atoms with van der Waals surface area (Å²) < 4.78 is 0. The molecule has 0 aromatic heterocycles. The van der Waals surface area contributed by atoms with E-state index >= 15 is 0 Å². The monoisotopic (exact) mass is 450 g/mol. The van der Waals surface area contributed by atoms with Gasteiger partial charge in [0.05, 0.1) is 30.0 Å². The van der Waals surface area contributed by atoms with Crippen LogP contribution >= 0.6 is 0 Å². The molecule has 0 saturated heterocycles. The minimum atomic E-state index is -1.09. The maximum atomic E-state index is 12.3. The number of fused-ring (bicyclic) bond motifs is 5. The number of rotatable bonds is 4.